The smallest absolute Gasteiger partial charge is 0.416 e. The highest BCUT2D eigenvalue weighted by atomic mass is 19.4. The molecule has 1 aromatic heterocycles. The van der Waals surface area contributed by atoms with Crippen molar-refractivity contribution in [2.75, 3.05) is 7.11 Å². The Hall–Kier alpha value is -2.55. The van der Waals surface area contributed by atoms with Gasteiger partial charge in [0.25, 0.3) is 0 Å². The SMILES string of the molecule is COc1cncc(-c2cc(C#N)cc(C(F)(F)F)c2)c1. The number of hydrogen-bond acceptors (Lipinski definition) is 3. The molecule has 0 N–H and O–H groups in total. The van der Waals surface area contributed by atoms with Gasteiger partial charge in [0.15, 0.2) is 0 Å². The van der Waals surface area contributed by atoms with Crippen molar-refractivity contribution in [3.63, 3.8) is 0 Å². The van der Waals surface area contributed by atoms with E-state index in [0.29, 0.717) is 11.3 Å². The van der Waals surface area contributed by atoms with Gasteiger partial charge in [-0.25, -0.2) is 0 Å². The minimum atomic E-state index is -4.51. The number of ether oxygens (including phenoxy) is 1. The third-order valence-corrected chi connectivity index (χ3v) is 2.67. The number of hydrogen-bond donors (Lipinski definition) is 0. The van der Waals surface area contributed by atoms with E-state index in [9.17, 15) is 13.2 Å². The molecule has 0 aliphatic carbocycles. The number of benzene rings is 1. The van der Waals surface area contributed by atoms with Gasteiger partial charge in [-0.1, -0.05) is 0 Å². The average molecular weight is 278 g/mol. The van der Waals surface area contributed by atoms with Crippen LogP contribution in [0.1, 0.15) is 11.1 Å². The van der Waals surface area contributed by atoms with Crippen LogP contribution in [0.15, 0.2) is 36.7 Å². The first-order valence-electron chi connectivity index (χ1n) is 5.56. The van der Waals surface area contributed by atoms with E-state index in [1.807, 2.05) is 0 Å². The summed E-state index contributed by atoms with van der Waals surface area (Å²) in [7, 11) is 1.44. The van der Waals surface area contributed by atoms with Gasteiger partial charge in [0.2, 0.25) is 0 Å². The number of alkyl halides is 3. The van der Waals surface area contributed by atoms with Gasteiger partial charge in [0.05, 0.1) is 30.5 Å². The van der Waals surface area contributed by atoms with Crippen LogP contribution in [0.3, 0.4) is 0 Å². The van der Waals surface area contributed by atoms with E-state index in [-0.39, 0.29) is 11.1 Å². The van der Waals surface area contributed by atoms with Crippen molar-refractivity contribution < 1.29 is 17.9 Å². The number of aromatic nitrogens is 1. The number of rotatable bonds is 2. The van der Waals surface area contributed by atoms with Gasteiger partial charge < -0.3 is 4.74 Å². The van der Waals surface area contributed by atoms with Gasteiger partial charge in [0, 0.05) is 11.8 Å². The maximum absolute atomic E-state index is 12.8. The van der Waals surface area contributed by atoms with Crippen LogP contribution in [0.5, 0.6) is 5.75 Å². The highest BCUT2D eigenvalue weighted by Gasteiger charge is 2.31. The summed E-state index contributed by atoms with van der Waals surface area (Å²) < 4.78 is 43.4. The van der Waals surface area contributed by atoms with E-state index in [1.54, 1.807) is 12.1 Å². The van der Waals surface area contributed by atoms with Crippen LogP contribution in [0.25, 0.3) is 11.1 Å². The fourth-order valence-electron chi connectivity index (χ4n) is 1.71. The summed E-state index contributed by atoms with van der Waals surface area (Å²) in [5.74, 6) is 0.429. The predicted molar refractivity (Wildman–Crippen MR) is 65.9 cm³/mol. The molecule has 0 atom stereocenters. The Labute approximate surface area is 113 Å². The van der Waals surface area contributed by atoms with Crippen LogP contribution in [-0.2, 0) is 6.18 Å². The standard InChI is InChI=1S/C14H9F3N2O/c1-20-13-5-11(7-19-8-13)10-2-9(6-18)3-12(4-10)14(15,16)17/h2-5,7-8H,1H3. The second-order valence-corrected chi connectivity index (χ2v) is 4.02. The van der Waals surface area contributed by atoms with E-state index >= 15 is 0 Å². The van der Waals surface area contributed by atoms with Crippen molar-refractivity contribution in [3.8, 4) is 22.9 Å². The largest absolute Gasteiger partial charge is 0.495 e. The van der Waals surface area contributed by atoms with Gasteiger partial charge in [-0.05, 0) is 29.8 Å². The van der Waals surface area contributed by atoms with Crippen molar-refractivity contribution >= 4 is 0 Å². The van der Waals surface area contributed by atoms with Gasteiger partial charge in [-0.15, -0.1) is 0 Å². The first-order valence-corrected chi connectivity index (χ1v) is 5.56. The minimum absolute atomic E-state index is 0.0577. The molecule has 102 valence electrons. The summed E-state index contributed by atoms with van der Waals surface area (Å²) in [5, 5.41) is 8.84. The van der Waals surface area contributed by atoms with E-state index < -0.39 is 11.7 Å². The van der Waals surface area contributed by atoms with Crippen molar-refractivity contribution in [1.82, 2.24) is 4.98 Å². The second-order valence-electron chi connectivity index (χ2n) is 4.02. The van der Waals surface area contributed by atoms with E-state index in [2.05, 4.69) is 4.98 Å². The molecular weight excluding hydrogens is 269 g/mol. The lowest BCUT2D eigenvalue weighted by Crippen LogP contribution is -2.05. The van der Waals surface area contributed by atoms with Crippen molar-refractivity contribution in [2.24, 2.45) is 0 Å². The van der Waals surface area contributed by atoms with E-state index in [1.165, 1.54) is 25.6 Å². The van der Waals surface area contributed by atoms with Gasteiger partial charge in [-0.2, -0.15) is 18.4 Å². The molecule has 1 aromatic carbocycles. The molecule has 0 unspecified atom stereocenters. The van der Waals surface area contributed by atoms with Crippen LogP contribution in [-0.4, -0.2) is 12.1 Å². The quantitative estimate of drug-likeness (QED) is 0.842. The maximum atomic E-state index is 12.8. The summed E-state index contributed by atoms with van der Waals surface area (Å²) in [6.07, 6.45) is -1.64. The number of methoxy groups -OCH3 is 1. The zero-order valence-electron chi connectivity index (χ0n) is 10.4. The summed E-state index contributed by atoms with van der Waals surface area (Å²) in [4.78, 5) is 3.89. The molecule has 0 amide bonds. The zero-order valence-corrected chi connectivity index (χ0v) is 10.4. The third kappa shape index (κ3) is 2.88. The number of halogens is 3. The van der Waals surface area contributed by atoms with Crippen LogP contribution < -0.4 is 4.74 Å². The Bertz CT molecular complexity index is 675. The van der Waals surface area contributed by atoms with Crippen LogP contribution >= 0.6 is 0 Å². The monoisotopic (exact) mass is 278 g/mol. The number of pyridine rings is 1. The molecule has 1 heterocycles. The molecule has 6 heteroatoms. The molecule has 0 fully saturated rings. The van der Waals surface area contributed by atoms with Crippen molar-refractivity contribution in [3.05, 3.63) is 47.8 Å². The topological polar surface area (TPSA) is 45.9 Å². The molecule has 0 spiro atoms. The first kappa shape index (κ1) is 13.9. The molecule has 20 heavy (non-hydrogen) atoms. The van der Waals surface area contributed by atoms with Crippen molar-refractivity contribution in [1.29, 1.82) is 5.26 Å². The summed E-state index contributed by atoms with van der Waals surface area (Å²) in [5.41, 5.74) is -0.207. The normalized spacial score (nSPS) is 10.9. The first-order chi connectivity index (χ1) is 9.44. The molecular formula is C14H9F3N2O. The van der Waals surface area contributed by atoms with Crippen LogP contribution in [0.2, 0.25) is 0 Å². The fraction of sp³-hybridized carbons (Fsp3) is 0.143. The highest BCUT2D eigenvalue weighted by Crippen LogP contribution is 2.33. The molecule has 2 rings (SSSR count). The summed E-state index contributed by atoms with van der Waals surface area (Å²) in [6.45, 7) is 0. The molecule has 0 aliphatic heterocycles. The Morgan fingerprint density at radius 1 is 1.10 bits per heavy atom. The fourth-order valence-corrected chi connectivity index (χ4v) is 1.71. The molecule has 0 radical (unpaired) electrons. The molecule has 2 aromatic rings. The second kappa shape index (κ2) is 5.21. The summed E-state index contributed by atoms with van der Waals surface area (Å²) >= 11 is 0. The lowest BCUT2D eigenvalue weighted by Gasteiger charge is -2.10. The van der Waals surface area contributed by atoms with Gasteiger partial charge >= 0.3 is 6.18 Å². The number of nitriles is 1. The van der Waals surface area contributed by atoms with Crippen molar-refractivity contribution in [2.45, 2.75) is 6.18 Å². The summed E-state index contributed by atoms with van der Waals surface area (Å²) in [6, 6.07) is 6.47. The Balaban J connectivity index is 2.59. The number of nitrogens with zero attached hydrogens (tertiary/aromatic N) is 2. The van der Waals surface area contributed by atoms with E-state index in [4.69, 9.17) is 10.00 Å². The van der Waals surface area contributed by atoms with Gasteiger partial charge in [-0.3, -0.25) is 4.98 Å². The molecule has 0 saturated heterocycles. The predicted octanol–water partition coefficient (Wildman–Crippen LogP) is 3.65. The van der Waals surface area contributed by atoms with Crippen LogP contribution in [0, 0.1) is 11.3 Å². The van der Waals surface area contributed by atoms with Gasteiger partial charge in [0.1, 0.15) is 5.75 Å². The minimum Gasteiger partial charge on any atom is -0.495 e. The highest BCUT2D eigenvalue weighted by molar-refractivity contribution is 5.67. The Kier molecular flexibility index (Phi) is 3.61. The molecule has 0 saturated carbocycles. The van der Waals surface area contributed by atoms with Crippen LogP contribution in [0.4, 0.5) is 13.2 Å². The Morgan fingerprint density at radius 2 is 1.85 bits per heavy atom. The van der Waals surface area contributed by atoms with E-state index in [0.717, 1.165) is 12.1 Å². The molecule has 0 aliphatic rings. The third-order valence-electron chi connectivity index (χ3n) is 2.67. The Morgan fingerprint density at radius 3 is 2.45 bits per heavy atom. The zero-order chi connectivity index (χ0) is 14.8. The maximum Gasteiger partial charge on any atom is 0.416 e. The lowest BCUT2D eigenvalue weighted by atomic mass is 10.0. The average Bonchev–Trinajstić information content (AvgIpc) is 2.46. The molecule has 3 nitrogen and oxygen atoms in total. The lowest BCUT2D eigenvalue weighted by molar-refractivity contribution is -0.137. The molecule has 0 bridgehead atoms.